The fraction of sp³-hybridized carbons (Fsp3) is 0.333. The van der Waals surface area contributed by atoms with Gasteiger partial charge in [-0.2, -0.15) is 0 Å². The zero-order valence-electron chi connectivity index (χ0n) is 12.9. The number of carboxylic acid groups (broad SMARTS) is 1. The van der Waals surface area contributed by atoms with E-state index in [1.807, 2.05) is 0 Å². The molecule has 2 rings (SSSR count). The van der Waals surface area contributed by atoms with Gasteiger partial charge in [-0.3, -0.25) is 14.4 Å². The minimum absolute atomic E-state index is 0.00847. The highest BCUT2D eigenvalue weighted by Gasteiger charge is 2.39. The van der Waals surface area contributed by atoms with Crippen LogP contribution in [0.5, 0.6) is 0 Å². The van der Waals surface area contributed by atoms with Crippen molar-refractivity contribution in [3.63, 3.8) is 0 Å². The van der Waals surface area contributed by atoms with Crippen LogP contribution in [0.4, 0.5) is 10.5 Å². The highest BCUT2D eigenvalue weighted by molar-refractivity contribution is 6.42. The molecule has 25 heavy (non-hydrogen) atoms. The van der Waals surface area contributed by atoms with Crippen LogP contribution >= 0.6 is 23.2 Å². The number of hydrogen-bond donors (Lipinski definition) is 3. The maximum Gasteiger partial charge on any atom is 0.329 e. The van der Waals surface area contributed by atoms with Gasteiger partial charge in [-0.05, 0) is 24.6 Å². The van der Waals surface area contributed by atoms with Crippen molar-refractivity contribution in [2.24, 2.45) is 0 Å². The summed E-state index contributed by atoms with van der Waals surface area (Å²) >= 11 is 11.7. The van der Waals surface area contributed by atoms with Gasteiger partial charge in [-0.25, -0.2) is 9.69 Å². The summed E-state index contributed by atoms with van der Waals surface area (Å²) in [5, 5.41) is 13.9. The molecule has 0 radical (unpaired) electrons. The zero-order valence-corrected chi connectivity index (χ0v) is 14.4. The van der Waals surface area contributed by atoms with Crippen molar-refractivity contribution in [1.29, 1.82) is 0 Å². The van der Waals surface area contributed by atoms with Gasteiger partial charge in [0.25, 0.3) is 5.91 Å². The first-order valence-electron chi connectivity index (χ1n) is 7.37. The van der Waals surface area contributed by atoms with E-state index >= 15 is 0 Å². The van der Waals surface area contributed by atoms with E-state index in [0.717, 1.165) is 4.90 Å². The van der Waals surface area contributed by atoms with Gasteiger partial charge in [0.15, 0.2) is 0 Å². The summed E-state index contributed by atoms with van der Waals surface area (Å²) in [6, 6.07) is 2.92. The van der Waals surface area contributed by atoms with Crippen LogP contribution in [-0.2, 0) is 14.4 Å². The number of rotatable bonds is 7. The third-order valence-electron chi connectivity index (χ3n) is 3.50. The minimum Gasteiger partial charge on any atom is -0.481 e. The van der Waals surface area contributed by atoms with Crippen LogP contribution in [-0.4, -0.2) is 41.5 Å². The van der Waals surface area contributed by atoms with E-state index in [9.17, 15) is 19.2 Å². The maximum atomic E-state index is 12.4. The topological polar surface area (TPSA) is 116 Å². The first-order valence-corrected chi connectivity index (χ1v) is 8.13. The van der Waals surface area contributed by atoms with E-state index in [1.54, 1.807) is 0 Å². The van der Waals surface area contributed by atoms with Crippen LogP contribution in [0.2, 0.25) is 10.0 Å². The quantitative estimate of drug-likeness (QED) is 0.616. The van der Waals surface area contributed by atoms with Crippen LogP contribution in [0.3, 0.4) is 0 Å². The van der Waals surface area contributed by atoms with Crippen molar-refractivity contribution in [2.75, 3.05) is 11.4 Å². The lowest BCUT2D eigenvalue weighted by Gasteiger charge is -2.13. The summed E-state index contributed by atoms with van der Waals surface area (Å²) < 4.78 is 0. The van der Waals surface area contributed by atoms with Gasteiger partial charge in [0.2, 0.25) is 5.91 Å². The molecule has 1 aliphatic rings. The number of anilines is 1. The molecular formula is C15H15Cl2N3O5. The first-order chi connectivity index (χ1) is 11.8. The number of nitrogens with one attached hydrogen (secondary N) is 2. The molecule has 0 bridgehead atoms. The molecule has 8 nitrogen and oxygen atoms in total. The molecular weight excluding hydrogens is 373 g/mol. The smallest absolute Gasteiger partial charge is 0.329 e. The molecule has 0 saturated carbocycles. The van der Waals surface area contributed by atoms with Gasteiger partial charge in [-0.1, -0.05) is 23.2 Å². The van der Waals surface area contributed by atoms with Crippen molar-refractivity contribution in [1.82, 2.24) is 10.6 Å². The van der Waals surface area contributed by atoms with Crippen LogP contribution in [0, 0.1) is 0 Å². The summed E-state index contributed by atoms with van der Waals surface area (Å²) in [7, 11) is 0. The van der Waals surface area contributed by atoms with Crippen molar-refractivity contribution < 1.29 is 24.3 Å². The molecule has 4 amide bonds. The van der Waals surface area contributed by atoms with Crippen molar-refractivity contribution in [3.05, 3.63) is 28.2 Å². The molecule has 1 heterocycles. The molecule has 0 spiro atoms. The number of benzene rings is 1. The average Bonchev–Trinajstić information content (AvgIpc) is 2.82. The van der Waals surface area contributed by atoms with Gasteiger partial charge in [0.05, 0.1) is 22.2 Å². The third kappa shape index (κ3) is 4.83. The van der Waals surface area contributed by atoms with E-state index in [0.29, 0.717) is 5.02 Å². The first kappa shape index (κ1) is 19.0. The largest absolute Gasteiger partial charge is 0.481 e. The Labute approximate surface area is 153 Å². The number of carbonyl (C=O) groups is 4. The molecule has 0 aliphatic carbocycles. The lowest BCUT2D eigenvalue weighted by Crippen LogP contribution is -2.33. The van der Waals surface area contributed by atoms with Crippen molar-refractivity contribution in [2.45, 2.75) is 25.3 Å². The normalized spacial score (nSPS) is 16.7. The molecule has 134 valence electrons. The molecule has 10 heteroatoms. The summed E-state index contributed by atoms with van der Waals surface area (Å²) in [4.78, 5) is 47.4. The van der Waals surface area contributed by atoms with E-state index in [2.05, 4.69) is 10.6 Å². The van der Waals surface area contributed by atoms with Gasteiger partial charge in [0, 0.05) is 13.0 Å². The second-order valence-electron chi connectivity index (χ2n) is 5.31. The molecule has 1 atom stereocenters. The fourth-order valence-corrected chi connectivity index (χ4v) is 2.56. The van der Waals surface area contributed by atoms with Crippen LogP contribution in [0.15, 0.2) is 18.2 Å². The predicted octanol–water partition coefficient (Wildman–Crippen LogP) is 1.79. The Morgan fingerprint density at radius 3 is 2.56 bits per heavy atom. The Bertz CT molecular complexity index is 725. The highest BCUT2D eigenvalue weighted by atomic mass is 35.5. The lowest BCUT2D eigenvalue weighted by atomic mass is 10.1. The second kappa shape index (κ2) is 8.17. The molecule has 1 unspecified atom stereocenters. The monoisotopic (exact) mass is 387 g/mol. The van der Waals surface area contributed by atoms with E-state index < -0.39 is 29.9 Å². The van der Waals surface area contributed by atoms with Gasteiger partial charge < -0.3 is 15.7 Å². The zero-order chi connectivity index (χ0) is 18.6. The average molecular weight is 388 g/mol. The molecule has 1 fully saturated rings. The number of imide groups is 1. The number of carbonyl (C=O) groups excluding carboxylic acids is 3. The number of nitrogens with zero attached hydrogens (tertiary/aromatic N) is 1. The van der Waals surface area contributed by atoms with Crippen molar-refractivity contribution in [3.8, 4) is 0 Å². The van der Waals surface area contributed by atoms with Gasteiger partial charge in [-0.15, -0.1) is 0 Å². The van der Waals surface area contributed by atoms with Crippen molar-refractivity contribution >= 4 is 52.7 Å². The molecule has 3 N–H and O–H groups in total. The number of aliphatic carboxylic acids is 1. The Morgan fingerprint density at radius 1 is 1.20 bits per heavy atom. The SMILES string of the molecule is O=C(O)CCNC(=O)CCC1NC(=O)N(c2ccc(Cl)c(Cl)c2)C1=O. The summed E-state index contributed by atoms with van der Waals surface area (Å²) in [5.41, 5.74) is 0.283. The minimum atomic E-state index is -1.02. The second-order valence-corrected chi connectivity index (χ2v) is 6.12. The number of carboxylic acids is 1. The third-order valence-corrected chi connectivity index (χ3v) is 4.24. The molecule has 1 aromatic carbocycles. The number of hydrogen-bond acceptors (Lipinski definition) is 4. The summed E-state index contributed by atoms with van der Waals surface area (Å²) in [6.07, 6.45) is -0.108. The number of halogens is 2. The van der Waals surface area contributed by atoms with Crippen LogP contribution in [0.1, 0.15) is 19.3 Å². The van der Waals surface area contributed by atoms with E-state index in [4.69, 9.17) is 28.3 Å². The molecule has 1 aliphatic heterocycles. The van der Waals surface area contributed by atoms with Gasteiger partial charge in [0.1, 0.15) is 6.04 Å². The molecule has 1 saturated heterocycles. The number of urea groups is 1. The Kier molecular flexibility index (Phi) is 6.22. The highest BCUT2D eigenvalue weighted by Crippen LogP contribution is 2.29. The Morgan fingerprint density at radius 2 is 1.92 bits per heavy atom. The van der Waals surface area contributed by atoms with E-state index in [-0.39, 0.29) is 36.5 Å². The summed E-state index contributed by atoms with van der Waals surface area (Å²) in [5.74, 6) is -1.91. The lowest BCUT2D eigenvalue weighted by molar-refractivity contribution is -0.137. The maximum absolute atomic E-state index is 12.4. The molecule has 1 aromatic rings. The van der Waals surface area contributed by atoms with Crippen LogP contribution in [0.25, 0.3) is 0 Å². The van der Waals surface area contributed by atoms with E-state index in [1.165, 1.54) is 18.2 Å². The fourth-order valence-electron chi connectivity index (χ4n) is 2.27. The number of amides is 4. The van der Waals surface area contributed by atoms with Gasteiger partial charge >= 0.3 is 12.0 Å². The summed E-state index contributed by atoms with van der Waals surface area (Å²) in [6.45, 7) is 0.00847. The Balaban J connectivity index is 1.93. The predicted molar refractivity (Wildman–Crippen MR) is 90.8 cm³/mol. The molecule has 0 aromatic heterocycles. The van der Waals surface area contributed by atoms with Crippen LogP contribution < -0.4 is 15.5 Å². The standard InChI is InChI=1S/C15H15Cl2N3O5/c16-9-2-1-8(7-10(9)17)20-14(24)11(19-15(20)25)3-4-12(21)18-6-5-13(22)23/h1-2,7,11H,3-6H2,(H,18,21)(H,19,25)(H,22,23). The Hall–Kier alpha value is -2.32.